The predicted molar refractivity (Wildman–Crippen MR) is 142 cm³/mol. The third kappa shape index (κ3) is 19.4. The van der Waals surface area contributed by atoms with Gasteiger partial charge in [-0.1, -0.05) is 70.0 Å². The first-order valence-corrected chi connectivity index (χ1v) is 12.3. The highest BCUT2D eigenvalue weighted by Crippen LogP contribution is 2.21. The van der Waals surface area contributed by atoms with Gasteiger partial charge in [0.25, 0.3) is 0 Å². The van der Waals surface area contributed by atoms with Gasteiger partial charge in [0.1, 0.15) is 5.76 Å². The average molecular weight is 462 g/mol. The van der Waals surface area contributed by atoms with Gasteiger partial charge < -0.3 is 10.0 Å². The first kappa shape index (κ1) is 31.6. The summed E-state index contributed by atoms with van der Waals surface area (Å²) in [5, 5.41) is 21.4. The Morgan fingerprint density at radius 2 is 1.91 bits per heavy atom. The van der Waals surface area contributed by atoms with Crippen LogP contribution in [0.4, 0.5) is 5.69 Å². The van der Waals surface area contributed by atoms with Crippen LogP contribution in [0.3, 0.4) is 0 Å². The van der Waals surface area contributed by atoms with E-state index in [0.717, 1.165) is 6.54 Å². The van der Waals surface area contributed by atoms with E-state index in [-0.39, 0.29) is 5.76 Å². The van der Waals surface area contributed by atoms with Gasteiger partial charge in [-0.15, -0.1) is 22.0 Å². The Labute approximate surface area is 199 Å². The lowest BCUT2D eigenvalue weighted by molar-refractivity contribution is 0.431. The number of aromatic nitrogens is 4. The first-order valence-electron chi connectivity index (χ1n) is 11.1. The second-order valence-electron chi connectivity index (χ2n) is 6.74. The molecule has 2 N–H and O–H groups in total. The summed E-state index contributed by atoms with van der Waals surface area (Å²) in [6.45, 7) is 14.7. The Hall–Kier alpha value is -2.54. The first-order chi connectivity index (χ1) is 15.4. The summed E-state index contributed by atoms with van der Waals surface area (Å²) < 4.78 is 0. The topological polar surface area (TPSA) is 77.9 Å². The van der Waals surface area contributed by atoms with Gasteiger partial charge in [0.05, 0.1) is 0 Å². The summed E-state index contributed by atoms with van der Waals surface area (Å²) in [4.78, 5) is 3.66. The molecule has 0 saturated carbocycles. The molecule has 1 heterocycles. The lowest BCUT2D eigenvalue weighted by Gasteiger charge is -2.19. The maximum absolute atomic E-state index is 8.72. The maximum atomic E-state index is 8.72. The maximum Gasteiger partial charge on any atom is 0.171 e. The number of nitrogens with zero attached hydrogens (tertiary/aromatic N) is 4. The van der Waals surface area contributed by atoms with Crippen LogP contribution < -0.4 is 4.90 Å². The number of allylic oxidation sites excluding steroid dienone is 4. The Bertz CT molecular complexity index is 728. The van der Waals surface area contributed by atoms with Crippen molar-refractivity contribution >= 4 is 17.4 Å². The molecule has 0 aliphatic rings. The highest BCUT2D eigenvalue weighted by Gasteiger charge is 2.00. The molecular weight excluding hydrogens is 418 g/mol. The molecule has 2 rings (SSSR count). The van der Waals surface area contributed by atoms with Crippen LogP contribution in [-0.4, -0.2) is 45.6 Å². The summed E-state index contributed by atoms with van der Waals surface area (Å²) in [5.74, 6) is 0.944. The molecule has 0 radical (unpaired) electrons. The Balaban J connectivity index is 0. The van der Waals surface area contributed by atoms with Crippen LogP contribution in [-0.2, 0) is 0 Å². The molecular formula is C25H43N5OS. The highest BCUT2D eigenvalue weighted by molar-refractivity contribution is 7.98. The van der Waals surface area contributed by atoms with Crippen molar-refractivity contribution in [1.29, 1.82) is 0 Å². The van der Waals surface area contributed by atoms with Crippen LogP contribution >= 0.6 is 11.8 Å². The molecule has 0 amide bonds. The lowest BCUT2D eigenvalue weighted by atomic mass is 10.2. The minimum absolute atomic E-state index is 0.268. The number of rotatable bonds is 8. The van der Waals surface area contributed by atoms with Crippen molar-refractivity contribution in [3.8, 4) is 0 Å². The molecule has 1 aromatic carbocycles. The molecule has 0 fully saturated rings. The molecule has 0 aliphatic carbocycles. The van der Waals surface area contributed by atoms with E-state index >= 15 is 0 Å². The van der Waals surface area contributed by atoms with Gasteiger partial charge in [-0.2, -0.15) is 5.21 Å². The summed E-state index contributed by atoms with van der Waals surface area (Å²) in [7, 11) is 2.16. The van der Waals surface area contributed by atoms with Gasteiger partial charge in [-0.05, 0) is 56.9 Å². The summed E-state index contributed by atoms with van der Waals surface area (Å²) >= 11 is 1.80. The van der Waals surface area contributed by atoms with E-state index < -0.39 is 0 Å². The average Bonchev–Trinajstić information content (AvgIpc) is 3.32. The summed E-state index contributed by atoms with van der Waals surface area (Å²) in [6, 6.07) is 8.71. The van der Waals surface area contributed by atoms with Crippen molar-refractivity contribution in [2.45, 2.75) is 65.2 Å². The molecule has 180 valence electrons. The third-order valence-electron chi connectivity index (χ3n) is 3.99. The standard InChI is InChI=1S/C12H19NS.C7H10O.C4H10.C2H4N4/c1-4-5-9-13(2)11-7-6-8-12(10-11)14-3;1-3-5-6-7(8)4-2;1-3-4-2;1-2-3-5-6-4-2/h6-8,10H,4-5,9H2,1-3H3;3-6,8H,1H2,2H3;3-4H2,1-2H3;1H3,(H,3,4,5,6)/b;6-5-,7-4+;;. The van der Waals surface area contributed by atoms with Crippen LogP contribution in [0.15, 0.2) is 65.8 Å². The molecule has 0 unspecified atom stereocenters. The summed E-state index contributed by atoms with van der Waals surface area (Å²) in [6.07, 6.45) is 13.7. The number of anilines is 1. The van der Waals surface area contributed by atoms with Crippen molar-refractivity contribution in [2.75, 3.05) is 24.7 Å². The molecule has 0 bridgehead atoms. The number of nitrogens with one attached hydrogen (secondary N) is 1. The van der Waals surface area contributed by atoms with Crippen molar-refractivity contribution in [1.82, 2.24) is 20.6 Å². The van der Waals surface area contributed by atoms with Gasteiger partial charge in [0.15, 0.2) is 5.82 Å². The third-order valence-corrected chi connectivity index (χ3v) is 4.72. The molecule has 0 aliphatic heterocycles. The number of hydrogen-bond acceptors (Lipinski definition) is 6. The molecule has 1 aromatic heterocycles. The zero-order valence-electron chi connectivity index (χ0n) is 21.0. The largest absolute Gasteiger partial charge is 0.508 e. The number of aromatic amines is 1. The normalized spacial score (nSPS) is 10.2. The van der Waals surface area contributed by atoms with E-state index in [1.165, 1.54) is 36.3 Å². The van der Waals surface area contributed by atoms with Crippen LogP contribution in [0.5, 0.6) is 0 Å². The number of unbranched alkanes of at least 4 members (excludes halogenated alkanes) is 2. The number of benzene rings is 1. The monoisotopic (exact) mass is 461 g/mol. The number of aliphatic hydroxyl groups is 1. The van der Waals surface area contributed by atoms with Crippen LogP contribution in [0.1, 0.15) is 59.2 Å². The number of aryl methyl sites for hydroxylation is 1. The SMILES string of the molecule is C=C/C=C\C(O)=C/C.CCCC.CCCCN(C)c1cccc(SC)c1.Cc1nn[nH]n1. The predicted octanol–water partition coefficient (Wildman–Crippen LogP) is 7.15. The van der Waals surface area contributed by atoms with Gasteiger partial charge in [-0.25, -0.2) is 0 Å². The highest BCUT2D eigenvalue weighted by atomic mass is 32.2. The Morgan fingerprint density at radius 3 is 2.31 bits per heavy atom. The van der Waals surface area contributed by atoms with Gasteiger partial charge >= 0.3 is 0 Å². The van der Waals surface area contributed by atoms with Gasteiger partial charge in [0.2, 0.25) is 0 Å². The zero-order chi connectivity index (χ0) is 24.6. The molecule has 6 nitrogen and oxygen atoms in total. The molecule has 0 saturated heterocycles. The number of H-pyrrole nitrogens is 1. The second-order valence-corrected chi connectivity index (χ2v) is 7.62. The van der Waals surface area contributed by atoms with E-state index in [9.17, 15) is 0 Å². The quantitative estimate of drug-likeness (QED) is 0.247. The molecule has 7 heteroatoms. The molecule has 32 heavy (non-hydrogen) atoms. The van der Waals surface area contributed by atoms with Crippen molar-refractivity contribution in [3.05, 3.63) is 66.7 Å². The lowest BCUT2D eigenvalue weighted by Crippen LogP contribution is -2.18. The molecule has 2 aromatic rings. The summed E-state index contributed by atoms with van der Waals surface area (Å²) in [5.41, 5.74) is 1.32. The van der Waals surface area contributed by atoms with E-state index in [4.69, 9.17) is 5.11 Å². The fourth-order valence-corrected chi connectivity index (χ4v) is 2.30. The number of tetrazole rings is 1. The minimum atomic E-state index is 0.268. The van der Waals surface area contributed by atoms with Crippen LogP contribution in [0.25, 0.3) is 0 Å². The fraction of sp³-hybridized carbons (Fsp3) is 0.480. The molecule has 0 atom stereocenters. The van der Waals surface area contributed by atoms with E-state index in [1.54, 1.807) is 49.9 Å². The number of thioether (sulfide) groups is 1. The number of hydrogen-bond donors (Lipinski definition) is 2. The van der Waals surface area contributed by atoms with Crippen molar-refractivity contribution in [3.63, 3.8) is 0 Å². The Morgan fingerprint density at radius 1 is 1.22 bits per heavy atom. The fourth-order valence-electron chi connectivity index (χ4n) is 1.85. The van der Waals surface area contributed by atoms with E-state index in [0.29, 0.717) is 5.82 Å². The minimum Gasteiger partial charge on any atom is -0.508 e. The smallest absolute Gasteiger partial charge is 0.171 e. The van der Waals surface area contributed by atoms with Gasteiger partial charge in [0, 0.05) is 24.2 Å². The Kier molecular flexibility index (Phi) is 22.9. The zero-order valence-corrected chi connectivity index (χ0v) is 21.8. The van der Waals surface area contributed by atoms with Gasteiger partial charge in [-0.3, -0.25) is 0 Å². The molecule has 0 spiro atoms. The van der Waals surface area contributed by atoms with Crippen molar-refractivity contribution in [2.24, 2.45) is 0 Å². The van der Waals surface area contributed by atoms with E-state index in [2.05, 4.69) is 90.4 Å². The van der Waals surface area contributed by atoms with Crippen molar-refractivity contribution < 1.29 is 5.11 Å². The van der Waals surface area contributed by atoms with E-state index in [1.807, 2.05) is 0 Å². The second kappa shape index (κ2) is 23.1. The van der Waals surface area contributed by atoms with Crippen LogP contribution in [0.2, 0.25) is 0 Å². The number of aliphatic hydroxyl groups excluding tert-OH is 1. The van der Waals surface area contributed by atoms with Crippen LogP contribution in [0, 0.1) is 6.92 Å².